The van der Waals surface area contributed by atoms with Gasteiger partial charge in [-0.05, 0) is 66.1 Å². The molecule has 1 atom stereocenters. The van der Waals surface area contributed by atoms with Crippen LogP contribution in [0.2, 0.25) is 0 Å². The predicted molar refractivity (Wildman–Crippen MR) is 115 cm³/mol. The van der Waals surface area contributed by atoms with Crippen LogP contribution in [-0.4, -0.2) is 36.2 Å². The van der Waals surface area contributed by atoms with E-state index in [1.165, 1.54) is 10.5 Å². The maximum Gasteiger partial charge on any atom is 0.285 e. The van der Waals surface area contributed by atoms with Crippen LogP contribution in [0.1, 0.15) is 33.3 Å². The number of amides is 2. The third-order valence-electron chi connectivity index (χ3n) is 4.09. The molecule has 150 valence electrons. The van der Waals surface area contributed by atoms with Crippen LogP contribution >= 0.6 is 11.8 Å². The van der Waals surface area contributed by atoms with Crippen molar-refractivity contribution in [3.8, 4) is 5.75 Å². The number of nitrogens with zero attached hydrogens (tertiary/aromatic N) is 1. The van der Waals surface area contributed by atoms with Crippen LogP contribution < -0.4 is 10.1 Å². The van der Waals surface area contributed by atoms with Crippen LogP contribution in [0.5, 0.6) is 5.75 Å². The quantitative estimate of drug-likeness (QED) is 0.704. The lowest BCUT2D eigenvalue weighted by molar-refractivity contribution is -0.122. The zero-order valence-electron chi connectivity index (χ0n) is 17.3. The highest BCUT2D eigenvalue weighted by Gasteiger charge is 2.17. The highest BCUT2D eigenvalue weighted by Crippen LogP contribution is 2.25. The Bertz CT molecular complexity index is 809. The topological polar surface area (TPSA) is 58.6 Å². The van der Waals surface area contributed by atoms with E-state index in [2.05, 4.69) is 26.1 Å². The Kier molecular flexibility index (Phi) is 7.13. The van der Waals surface area contributed by atoms with Crippen molar-refractivity contribution in [1.82, 2.24) is 4.90 Å². The Morgan fingerprint density at radius 1 is 1.00 bits per heavy atom. The third-order valence-corrected chi connectivity index (χ3v) is 5.14. The summed E-state index contributed by atoms with van der Waals surface area (Å²) >= 11 is 1.14. The van der Waals surface area contributed by atoms with E-state index in [-0.39, 0.29) is 16.6 Å². The predicted octanol–water partition coefficient (Wildman–Crippen LogP) is 5.16. The van der Waals surface area contributed by atoms with Gasteiger partial charge in [-0.25, -0.2) is 0 Å². The molecule has 6 heteroatoms. The van der Waals surface area contributed by atoms with Gasteiger partial charge in [0.25, 0.3) is 11.1 Å². The van der Waals surface area contributed by atoms with Crippen LogP contribution in [0.4, 0.5) is 10.5 Å². The zero-order valence-corrected chi connectivity index (χ0v) is 18.1. The molecule has 5 nitrogen and oxygen atoms in total. The molecule has 0 aliphatic carbocycles. The minimum Gasteiger partial charge on any atom is -0.481 e. The van der Waals surface area contributed by atoms with Gasteiger partial charge in [-0.2, -0.15) is 0 Å². The van der Waals surface area contributed by atoms with E-state index in [0.717, 1.165) is 16.7 Å². The summed E-state index contributed by atoms with van der Waals surface area (Å²) < 4.78 is 5.75. The Balaban J connectivity index is 1.92. The van der Waals surface area contributed by atoms with Gasteiger partial charge in [0.1, 0.15) is 5.75 Å². The number of carbonyl (C=O) groups is 2. The first-order valence-corrected chi connectivity index (χ1v) is 9.95. The molecule has 1 N–H and O–H groups in total. The number of rotatable bonds is 5. The number of nitrogens with one attached hydrogen (secondary N) is 1. The first kappa shape index (κ1) is 21.8. The van der Waals surface area contributed by atoms with Crippen molar-refractivity contribution < 1.29 is 14.3 Å². The second kappa shape index (κ2) is 9.15. The number of hydrogen-bond donors (Lipinski definition) is 1. The molecule has 0 fully saturated rings. The zero-order chi connectivity index (χ0) is 20.9. The molecule has 0 aromatic heterocycles. The van der Waals surface area contributed by atoms with Gasteiger partial charge in [0, 0.05) is 24.7 Å². The number of carbonyl (C=O) groups excluding carboxylic acids is 2. The van der Waals surface area contributed by atoms with Crippen LogP contribution in [0.15, 0.2) is 53.4 Å². The molecular weight excluding hydrogens is 372 g/mol. The fraction of sp³-hybridized carbons (Fsp3) is 0.364. The molecule has 1 unspecified atom stereocenters. The molecule has 2 aromatic rings. The minimum absolute atomic E-state index is 0.0451. The highest BCUT2D eigenvalue weighted by atomic mass is 32.2. The molecule has 0 saturated carbocycles. The summed E-state index contributed by atoms with van der Waals surface area (Å²) in [6, 6.07) is 15.0. The van der Waals surface area contributed by atoms with Crippen molar-refractivity contribution in [3.63, 3.8) is 0 Å². The average Bonchev–Trinajstić information content (AvgIpc) is 2.62. The normalized spacial score (nSPS) is 12.2. The molecule has 0 aliphatic rings. The van der Waals surface area contributed by atoms with Crippen LogP contribution in [0, 0.1) is 0 Å². The Morgan fingerprint density at radius 2 is 1.57 bits per heavy atom. The lowest BCUT2D eigenvalue weighted by Crippen LogP contribution is -2.30. The van der Waals surface area contributed by atoms with E-state index in [0.29, 0.717) is 11.4 Å². The molecule has 0 saturated heterocycles. The Labute approximate surface area is 171 Å². The fourth-order valence-electron chi connectivity index (χ4n) is 2.33. The van der Waals surface area contributed by atoms with Gasteiger partial charge in [-0.15, -0.1) is 0 Å². The molecule has 28 heavy (non-hydrogen) atoms. The van der Waals surface area contributed by atoms with Gasteiger partial charge in [0.2, 0.25) is 0 Å². The van der Waals surface area contributed by atoms with Gasteiger partial charge >= 0.3 is 0 Å². The molecule has 0 spiro atoms. The maximum atomic E-state index is 12.4. The van der Waals surface area contributed by atoms with Crippen molar-refractivity contribution in [1.29, 1.82) is 0 Å². The first-order valence-electron chi connectivity index (χ1n) is 9.13. The third kappa shape index (κ3) is 6.30. The summed E-state index contributed by atoms with van der Waals surface area (Å²) in [7, 11) is 3.42. The van der Waals surface area contributed by atoms with E-state index in [9.17, 15) is 9.59 Å². The molecule has 0 bridgehead atoms. The summed E-state index contributed by atoms with van der Waals surface area (Å²) in [5.41, 5.74) is 1.94. The summed E-state index contributed by atoms with van der Waals surface area (Å²) in [6.07, 6.45) is -0.634. The average molecular weight is 401 g/mol. The second-order valence-corrected chi connectivity index (χ2v) is 8.84. The molecule has 0 radical (unpaired) electrons. The molecule has 0 aliphatic heterocycles. The Hall–Kier alpha value is -2.47. The molecule has 2 amide bonds. The summed E-state index contributed by atoms with van der Waals surface area (Å²) in [5, 5.41) is 2.79. The standard InChI is InChI=1S/C22H28N2O3S/c1-15(27-18-11-7-16(8-12-18)22(2,3)4)20(25)23-17-9-13-19(14-10-17)28-21(26)24(5)6/h7-15H,1-6H3,(H,23,25). The van der Waals surface area contributed by atoms with Crippen molar-refractivity contribution in [2.24, 2.45) is 0 Å². The van der Waals surface area contributed by atoms with Gasteiger partial charge in [0.05, 0.1) is 0 Å². The summed E-state index contributed by atoms with van der Waals surface area (Å²) in [4.78, 5) is 26.4. The van der Waals surface area contributed by atoms with Crippen LogP contribution in [-0.2, 0) is 10.2 Å². The fourth-order valence-corrected chi connectivity index (χ4v) is 2.99. The maximum absolute atomic E-state index is 12.4. The number of thioether (sulfide) groups is 1. The smallest absolute Gasteiger partial charge is 0.285 e. The van der Waals surface area contributed by atoms with E-state index < -0.39 is 6.10 Å². The van der Waals surface area contributed by atoms with E-state index >= 15 is 0 Å². The number of anilines is 1. The van der Waals surface area contributed by atoms with E-state index in [4.69, 9.17) is 4.74 Å². The molecule has 0 heterocycles. The van der Waals surface area contributed by atoms with Gasteiger partial charge < -0.3 is 15.0 Å². The molecular formula is C22H28N2O3S. The Morgan fingerprint density at radius 3 is 2.07 bits per heavy atom. The lowest BCUT2D eigenvalue weighted by Gasteiger charge is -2.20. The SMILES string of the molecule is CC(Oc1ccc(C(C)(C)C)cc1)C(=O)Nc1ccc(SC(=O)N(C)C)cc1. The van der Waals surface area contributed by atoms with Gasteiger partial charge in [-0.3, -0.25) is 9.59 Å². The highest BCUT2D eigenvalue weighted by molar-refractivity contribution is 8.13. The summed E-state index contributed by atoms with van der Waals surface area (Å²) in [6.45, 7) is 8.17. The second-order valence-electron chi connectivity index (χ2n) is 7.81. The van der Waals surface area contributed by atoms with Crippen molar-refractivity contribution in [2.45, 2.75) is 44.1 Å². The van der Waals surface area contributed by atoms with Gasteiger partial charge in [0.15, 0.2) is 6.10 Å². The number of benzene rings is 2. The van der Waals surface area contributed by atoms with Gasteiger partial charge in [-0.1, -0.05) is 32.9 Å². The van der Waals surface area contributed by atoms with Crippen LogP contribution in [0.25, 0.3) is 0 Å². The first-order chi connectivity index (χ1) is 13.1. The lowest BCUT2D eigenvalue weighted by atomic mass is 9.87. The largest absolute Gasteiger partial charge is 0.481 e. The minimum atomic E-state index is -0.634. The number of ether oxygens (including phenoxy) is 1. The summed E-state index contributed by atoms with van der Waals surface area (Å²) in [5.74, 6) is 0.425. The van der Waals surface area contributed by atoms with E-state index in [1.54, 1.807) is 45.3 Å². The molecule has 2 rings (SSSR count). The van der Waals surface area contributed by atoms with Crippen molar-refractivity contribution >= 4 is 28.6 Å². The monoisotopic (exact) mass is 400 g/mol. The van der Waals surface area contributed by atoms with Crippen molar-refractivity contribution in [2.75, 3.05) is 19.4 Å². The molecule has 2 aromatic carbocycles. The van der Waals surface area contributed by atoms with Crippen LogP contribution in [0.3, 0.4) is 0 Å². The van der Waals surface area contributed by atoms with Crippen molar-refractivity contribution in [3.05, 3.63) is 54.1 Å². The van der Waals surface area contributed by atoms with E-state index in [1.807, 2.05) is 24.3 Å². The number of hydrogen-bond acceptors (Lipinski definition) is 4.